The normalized spacial score (nSPS) is 13.8. The minimum atomic E-state index is 0.996. The Labute approximate surface area is 110 Å². The molecule has 0 amide bonds. The third-order valence-electron chi connectivity index (χ3n) is 3.25. The van der Waals surface area contributed by atoms with Gasteiger partial charge >= 0.3 is 0 Å². The molecule has 2 aromatic rings. The van der Waals surface area contributed by atoms with E-state index in [1.807, 2.05) is 0 Å². The lowest BCUT2D eigenvalue weighted by Crippen LogP contribution is -2.19. The summed E-state index contributed by atoms with van der Waals surface area (Å²) in [6.07, 6.45) is 1.15. The fraction of sp³-hybridized carbons (Fsp3) is 0.200. The van der Waals surface area contributed by atoms with Crippen LogP contribution in [0.5, 0.6) is 0 Å². The summed E-state index contributed by atoms with van der Waals surface area (Å²) in [6.45, 7) is 2.11. The van der Waals surface area contributed by atoms with Crippen LogP contribution in [0.15, 0.2) is 53.0 Å². The van der Waals surface area contributed by atoms with E-state index in [2.05, 4.69) is 69.4 Å². The molecule has 3 rings (SSSR count). The molecule has 0 fully saturated rings. The molecule has 2 heteroatoms. The van der Waals surface area contributed by atoms with Crippen molar-refractivity contribution in [1.29, 1.82) is 0 Å². The van der Waals surface area contributed by atoms with E-state index in [0.29, 0.717) is 0 Å². The molecule has 0 unspecified atom stereocenters. The number of benzene rings is 2. The predicted molar refractivity (Wildman–Crippen MR) is 75.3 cm³/mol. The topological polar surface area (TPSA) is 3.24 Å². The van der Waals surface area contributed by atoms with E-state index in [0.717, 1.165) is 19.5 Å². The molecular formula is C15H14BrN. The first-order valence-electron chi connectivity index (χ1n) is 5.91. The third-order valence-corrected chi connectivity index (χ3v) is 3.89. The standard InChI is InChI=1S/C15H14BrN/c16-14-8-4-7-13-9-10-17(15(13)14)11-12-5-2-1-3-6-12/h1-8H,9-11H2. The lowest BCUT2D eigenvalue weighted by atomic mass is 10.1. The summed E-state index contributed by atoms with van der Waals surface area (Å²) < 4.78 is 1.21. The second kappa shape index (κ2) is 4.53. The molecular weight excluding hydrogens is 274 g/mol. The maximum absolute atomic E-state index is 3.66. The van der Waals surface area contributed by atoms with Crippen LogP contribution in [0.4, 0.5) is 5.69 Å². The molecule has 0 bridgehead atoms. The molecule has 0 aliphatic carbocycles. The van der Waals surface area contributed by atoms with Gasteiger partial charge in [0.25, 0.3) is 0 Å². The molecule has 1 aliphatic heterocycles. The molecule has 0 N–H and O–H groups in total. The second-order valence-electron chi connectivity index (χ2n) is 4.40. The Morgan fingerprint density at radius 2 is 1.82 bits per heavy atom. The molecule has 1 nitrogen and oxygen atoms in total. The monoisotopic (exact) mass is 287 g/mol. The Balaban J connectivity index is 1.89. The van der Waals surface area contributed by atoms with E-state index in [4.69, 9.17) is 0 Å². The zero-order valence-electron chi connectivity index (χ0n) is 9.57. The Hall–Kier alpha value is -1.28. The van der Waals surface area contributed by atoms with Gasteiger partial charge in [0.05, 0.1) is 5.69 Å². The third kappa shape index (κ3) is 2.09. The zero-order valence-corrected chi connectivity index (χ0v) is 11.2. The summed E-state index contributed by atoms with van der Waals surface area (Å²) >= 11 is 3.66. The average molecular weight is 288 g/mol. The molecule has 0 spiro atoms. The number of halogens is 1. The smallest absolute Gasteiger partial charge is 0.0546 e. The van der Waals surface area contributed by atoms with Crippen molar-refractivity contribution in [1.82, 2.24) is 0 Å². The number of rotatable bonds is 2. The SMILES string of the molecule is Brc1cccc2c1N(Cc1ccccc1)CC2. The van der Waals surface area contributed by atoms with Crippen LogP contribution >= 0.6 is 15.9 Å². The lowest BCUT2D eigenvalue weighted by molar-refractivity contribution is 0.835. The molecule has 0 atom stereocenters. The second-order valence-corrected chi connectivity index (χ2v) is 5.26. The van der Waals surface area contributed by atoms with Crippen molar-refractivity contribution >= 4 is 21.6 Å². The van der Waals surface area contributed by atoms with Gasteiger partial charge in [-0.3, -0.25) is 0 Å². The Morgan fingerprint density at radius 1 is 1.00 bits per heavy atom. The molecule has 1 aliphatic rings. The van der Waals surface area contributed by atoms with Crippen molar-refractivity contribution in [3.05, 3.63) is 64.1 Å². The minimum absolute atomic E-state index is 0.996. The quantitative estimate of drug-likeness (QED) is 0.807. The van der Waals surface area contributed by atoms with Crippen LogP contribution in [0.25, 0.3) is 0 Å². The summed E-state index contributed by atoms with van der Waals surface area (Å²) in [6, 6.07) is 17.1. The summed E-state index contributed by atoms with van der Waals surface area (Å²) in [5, 5.41) is 0. The van der Waals surface area contributed by atoms with E-state index < -0.39 is 0 Å². The van der Waals surface area contributed by atoms with Gasteiger partial charge in [-0.15, -0.1) is 0 Å². The fourth-order valence-corrected chi connectivity index (χ4v) is 3.10. The van der Waals surface area contributed by atoms with Gasteiger partial charge in [-0.05, 0) is 39.5 Å². The number of nitrogens with zero attached hydrogens (tertiary/aromatic N) is 1. The fourth-order valence-electron chi connectivity index (χ4n) is 2.45. The van der Waals surface area contributed by atoms with Gasteiger partial charge in [-0.25, -0.2) is 0 Å². The van der Waals surface area contributed by atoms with Crippen molar-refractivity contribution < 1.29 is 0 Å². The summed E-state index contributed by atoms with van der Waals surface area (Å²) in [5.41, 5.74) is 4.20. The molecule has 0 saturated carbocycles. The van der Waals surface area contributed by atoms with Crippen molar-refractivity contribution in [2.45, 2.75) is 13.0 Å². The highest BCUT2D eigenvalue weighted by molar-refractivity contribution is 9.10. The largest absolute Gasteiger partial charge is 0.366 e. The molecule has 17 heavy (non-hydrogen) atoms. The van der Waals surface area contributed by atoms with Gasteiger partial charge in [0.1, 0.15) is 0 Å². The Bertz CT molecular complexity index is 522. The number of hydrogen-bond acceptors (Lipinski definition) is 1. The summed E-state index contributed by atoms with van der Waals surface area (Å²) in [5.74, 6) is 0. The molecule has 1 heterocycles. The van der Waals surface area contributed by atoms with Crippen LogP contribution in [0, 0.1) is 0 Å². The molecule has 0 radical (unpaired) electrons. The maximum Gasteiger partial charge on any atom is 0.0546 e. The average Bonchev–Trinajstić information content (AvgIpc) is 2.75. The van der Waals surface area contributed by atoms with E-state index >= 15 is 0 Å². The van der Waals surface area contributed by atoms with Crippen LogP contribution in [-0.4, -0.2) is 6.54 Å². The van der Waals surface area contributed by atoms with Crippen LogP contribution in [-0.2, 0) is 13.0 Å². The van der Waals surface area contributed by atoms with Gasteiger partial charge in [0, 0.05) is 17.6 Å². The van der Waals surface area contributed by atoms with Crippen LogP contribution in [0.3, 0.4) is 0 Å². The van der Waals surface area contributed by atoms with Crippen LogP contribution in [0.2, 0.25) is 0 Å². The van der Waals surface area contributed by atoms with E-state index in [-0.39, 0.29) is 0 Å². The maximum atomic E-state index is 3.66. The number of fused-ring (bicyclic) bond motifs is 1. The summed E-state index contributed by atoms with van der Waals surface area (Å²) in [4.78, 5) is 2.45. The van der Waals surface area contributed by atoms with Crippen molar-refractivity contribution in [3.63, 3.8) is 0 Å². The number of hydrogen-bond donors (Lipinski definition) is 0. The van der Waals surface area contributed by atoms with Gasteiger partial charge in [-0.2, -0.15) is 0 Å². The lowest BCUT2D eigenvalue weighted by Gasteiger charge is -2.20. The first kappa shape index (κ1) is 10.8. The van der Waals surface area contributed by atoms with E-state index in [1.54, 1.807) is 0 Å². The van der Waals surface area contributed by atoms with Crippen LogP contribution < -0.4 is 4.90 Å². The first-order valence-corrected chi connectivity index (χ1v) is 6.70. The minimum Gasteiger partial charge on any atom is -0.366 e. The van der Waals surface area contributed by atoms with Crippen molar-refractivity contribution in [3.8, 4) is 0 Å². The highest BCUT2D eigenvalue weighted by Gasteiger charge is 2.20. The number of anilines is 1. The number of para-hydroxylation sites is 1. The molecule has 86 valence electrons. The van der Waals surface area contributed by atoms with Gasteiger partial charge in [-0.1, -0.05) is 42.5 Å². The Kier molecular flexibility index (Phi) is 2.89. The predicted octanol–water partition coefficient (Wildman–Crippen LogP) is 4.01. The van der Waals surface area contributed by atoms with Crippen LogP contribution in [0.1, 0.15) is 11.1 Å². The first-order chi connectivity index (χ1) is 8.34. The van der Waals surface area contributed by atoms with Gasteiger partial charge in [0.2, 0.25) is 0 Å². The molecule has 0 aromatic heterocycles. The molecule has 0 saturated heterocycles. The van der Waals surface area contributed by atoms with Gasteiger partial charge in [0.15, 0.2) is 0 Å². The zero-order chi connectivity index (χ0) is 11.7. The highest BCUT2D eigenvalue weighted by atomic mass is 79.9. The van der Waals surface area contributed by atoms with E-state index in [9.17, 15) is 0 Å². The highest BCUT2D eigenvalue weighted by Crippen LogP contribution is 2.35. The van der Waals surface area contributed by atoms with E-state index in [1.165, 1.54) is 21.3 Å². The summed E-state index contributed by atoms with van der Waals surface area (Å²) in [7, 11) is 0. The molecule has 2 aromatic carbocycles. The van der Waals surface area contributed by atoms with Gasteiger partial charge < -0.3 is 4.90 Å². The Morgan fingerprint density at radius 3 is 2.65 bits per heavy atom. The van der Waals surface area contributed by atoms with Crippen molar-refractivity contribution in [2.24, 2.45) is 0 Å². The van der Waals surface area contributed by atoms with Crippen molar-refractivity contribution in [2.75, 3.05) is 11.4 Å².